The lowest BCUT2D eigenvalue weighted by Crippen LogP contribution is -2.24. The van der Waals surface area contributed by atoms with Gasteiger partial charge in [0, 0.05) is 6.54 Å². The van der Waals surface area contributed by atoms with Crippen molar-refractivity contribution in [1.29, 1.82) is 0 Å². The van der Waals surface area contributed by atoms with E-state index in [-0.39, 0.29) is 5.91 Å². The van der Waals surface area contributed by atoms with Crippen LogP contribution in [-0.4, -0.2) is 5.91 Å². The van der Waals surface area contributed by atoms with Crippen LogP contribution in [0.1, 0.15) is 16.7 Å². The van der Waals surface area contributed by atoms with Crippen LogP contribution in [0.5, 0.6) is 0 Å². The number of aryl methyl sites for hydroxylation is 1. The molecule has 0 atom stereocenters. The molecule has 1 amide bonds. The Labute approximate surface area is 105 Å². The molecule has 0 saturated carbocycles. The van der Waals surface area contributed by atoms with E-state index in [2.05, 4.69) is 5.32 Å². The first kappa shape index (κ1) is 11.9. The standard InChI is InChI=1S/C14H15NOS/c1-11-3-2-4-12(7-11)8-14(16)15-9-13-5-6-17-10-13/h2-7,10H,8-9H2,1H3,(H,15,16). The molecule has 2 aromatic rings. The minimum atomic E-state index is 0.0711. The Hall–Kier alpha value is -1.61. The first-order valence-corrected chi connectivity index (χ1v) is 6.51. The van der Waals surface area contributed by atoms with Crippen LogP contribution in [0.4, 0.5) is 0 Å². The summed E-state index contributed by atoms with van der Waals surface area (Å²) in [6.45, 7) is 2.65. The highest BCUT2D eigenvalue weighted by Crippen LogP contribution is 2.06. The summed E-state index contributed by atoms with van der Waals surface area (Å²) < 4.78 is 0. The zero-order chi connectivity index (χ0) is 12.1. The lowest BCUT2D eigenvalue weighted by Gasteiger charge is -2.04. The van der Waals surface area contributed by atoms with E-state index in [1.165, 1.54) is 5.56 Å². The monoisotopic (exact) mass is 245 g/mol. The van der Waals surface area contributed by atoms with Crippen LogP contribution >= 0.6 is 11.3 Å². The average molecular weight is 245 g/mol. The summed E-state index contributed by atoms with van der Waals surface area (Å²) in [6, 6.07) is 10.1. The zero-order valence-electron chi connectivity index (χ0n) is 9.77. The van der Waals surface area contributed by atoms with Gasteiger partial charge in [-0.3, -0.25) is 4.79 Å². The van der Waals surface area contributed by atoms with Gasteiger partial charge < -0.3 is 5.32 Å². The van der Waals surface area contributed by atoms with Crippen molar-refractivity contribution in [2.75, 3.05) is 0 Å². The van der Waals surface area contributed by atoms with Crippen molar-refractivity contribution in [3.8, 4) is 0 Å². The highest BCUT2D eigenvalue weighted by atomic mass is 32.1. The third kappa shape index (κ3) is 3.71. The molecule has 0 bridgehead atoms. The third-order valence-electron chi connectivity index (χ3n) is 2.52. The Morgan fingerprint density at radius 2 is 2.18 bits per heavy atom. The van der Waals surface area contributed by atoms with E-state index in [0.29, 0.717) is 13.0 Å². The number of carbonyl (C=O) groups is 1. The smallest absolute Gasteiger partial charge is 0.224 e. The molecule has 1 aromatic carbocycles. The Bertz CT molecular complexity index is 491. The van der Waals surface area contributed by atoms with Gasteiger partial charge >= 0.3 is 0 Å². The molecule has 1 aromatic heterocycles. The number of benzene rings is 1. The summed E-state index contributed by atoms with van der Waals surface area (Å²) in [5.41, 5.74) is 3.41. The quantitative estimate of drug-likeness (QED) is 0.881. The summed E-state index contributed by atoms with van der Waals surface area (Å²) in [6.07, 6.45) is 0.450. The van der Waals surface area contributed by atoms with Crippen molar-refractivity contribution in [3.63, 3.8) is 0 Å². The van der Waals surface area contributed by atoms with E-state index >= 15 is 0 Å². The van der Waals surface area contributed by atoms with Gasteiger partial charge in [0.15, 0.2) is 0 Å². The van der Waals surface area contributed by atoms with E-state index in [1.807, 2.05) is 48.0 Å². The summed E-state index contributed by atoms with van der Waals surface area (Å²) in [5.74, 6) is 0.0711. The maximum atomic E-state index is 11.7. The van der Waals surface area contributed by atoms with E-state index < -0.39 is 0 Å². The Kier molecular flexibility index (Phi) is 3.94. The molecule has 0 spiro atoms. The first-order valence-electron chi connectivity index (χ1n) is 5.57. The van der Waals surface area contributed by atoms with Gasteiger partial charge in [-0.15, -0.1) is 0 Å². The van der Waals surface area contributed by atoms with Gasteiger partial charge in [-0.1, -0.05) is 29.8 Å². The normalized spacial score (nSPS) is 10.2. The van der Waals surface area contributed by atoms with Crippen LogP contribution in [-0.2, 0) is 17.8 Å². The van der Waals surface area contributed by atoms with Crippen LogP contribution in [0.25, 0.3) is 0 Å². The van der Waals surface area contributed by atoms with Crippen LogP contribution in [0.15, 0.2) is 41.1 Å². The van der Waals surface area contributed by atoms with Crippen molar-refractivity contribution < 1.29 is 4.79 Å². The second kappa shape index (κ2) is 5.64. The lowest BCUT2D eigenvalue weighted by molar-refractivity contribution is -0.120. The fourth-order valence-electron chi connectivity index (χ4n) is 1.66. The highest BCUT2D eigenvalue weighted by Gasteiger charge is 2.03. The van der Waals surface area contributed by atoms with Crippen molar-refractivity contribution >= 4 is 17.2 Å². The second-order valence-corrected chi connectivity index (χ2v) is 4.85. The second-order valence-electron chi connectivity index (χ2n) is 4.07. The van der Waals surface area contributed by atoms with Crippen molar-refractivity contribution in [3.05, 3.63) is 57.8 Å². The molecule has 0 aliphatic carbocycles. The maximum Gasteiger partial charge on any atom is 0.224 e. The number of amides is 1. The van der Waals surface area contributed by atoms with E-state index in [0.717, 1.165) is 11.1 Å². The molecule has 0 aliphatic rings. The molecule has 0 unspecified atom stereocenters. The number of carbonyl (C=O) groups excluding carboxylic acids is 1. The molecule has 2 rings (SSSR count). The van der Waals surface area contributed by atoms with E-state index in [1.54, 1.807) is 11.3 Å². The van der Waals surface area contributed by atoms with Gasteiger partial charge in [0.25, 0.3) is 0 Å². The molecular formula is C14H15NOS. The van der Waals surface area contributed by atoms with Gasteiger partial charge in [-0.25, -0.2) is 0 Å². The molecule has 0 saturated heterocycles. The van der Waals surface area contributed by atoms with Crippen LogP contribution in [0.3, 0.4) is 0 Å². The largest absolute Gasteiger partial charge is 0.352 e. The van der Waals surface area contributed by atoms with Crippen molar-refractivity contribution in [2.45, 2.75) is 19.9 Å². The Morgan fingerprint density at radius 3 is 2.88 bits per heavy atom. The SMILES string of the molecule is Cc1cccc(CC(=O)NCc2ccsc2)c1. The molecule has 2 nitrogen and oxygen atoms in total. The summed E-state index contributed by atoms with van der Waals surface area (Å²) in [5, 5.41) is 6.99. The van der Waals surface area contributed by atoms with Crippen molar-refractivity contribution in [1.82, 2.24) is 5.32 Å². The van der Waals surface area contributed by atoms with Crippen LogP contribution < -0.4 is 5.32 Å². The minimum absolute atomic E-state index is 0.0711. The topological polar surface area (TPSA) is 29.1 Å². The Balaban J connectivity index is 1.85. The summed E-state index contributed by atoms with van der Waals surface area (Å²) >= 11 is 1.65. The summed E-state index contributed by atoms with van der Waals surface area (Å²) in [7, 11) is 0. The summed E-state index contributed by atoms with van der Waals surface area (Å²) in [4.78, 5) is 11.7. The number of hydrogen-bond donors (Lipinski definition) is 1. The fraction of sp³-hybridized carbons (Fsp3) is 0.214. The number of nitrogens with one attached hydrogen (secondary N) is 1. The molecule has 1 heterocycles. The number of rotatable bonds is 4. The predicted octanol–water partition coefficient (Wildman–Crippen LogP) is 2.92. The molecular weight excluding hydrogens is 230 g/mol. The molecule has 88 valence electrons. The Morgan fingerprint density at radius 1 is 1.29 bits per heavy atom. The molecule has 0 aliphatic heterocycles. The van der Waals surface area contributed by atoms with Gasteiger partial charge in [0.05, 0.1) is 6.42 Å². The van der Waals surface area contributed by atoms with Crippen LogP contribution in [0.2, 0.25) is 0 Å². The molecule has 0 fully saturated rings. The highest BCUT2D eigenvalue weighted by molar-refractivity contribution is 7.07. The zero-order valence-corrected chi connectivity index (χ0v) is 10.6. The number of thiophene rings is 1. The molecule has 17 heavy (non-hydrogen) atoms. The van der Waals surface area contributed by atoms with Crippen LogP contribution in [0, 0.1) is 6.92 Å². The van der Waals surface area contributed by atoms with Gasteiger partial charge in [-0.2, -0.15) is 11.3 Å². The predicted molar refractivity (Wildman–Crippen MR) is 71.0 cm³/mol. The molecule has 3 heteroatoms. The van der Waals surface area contributed by atoms with Gasteiger partial charge in [0.2, 0.25) is 5.91 Å². The van der Waals surface area contributed by atoms with Gasteiger partial charge in [-0.05, 0) is 34.9 Å². The number of hydrogen-bond acceptors (Lipinski definition) is 2. The van der Waals surface area contributed by atoms with Crippen molar-refractivity contribution in [2.24, 2.45) is 0 Å². The van der Waals surface area contributed by atoms with E-state index in [9.17, 15) is 4.79 Å². The minimum Gasteiger partial charge on any atom is -0.352 e. The third-order valence-corrected chi connectivity index (χ3v) is 3.25. The van der Waals surface area contributed by atoms with E-state index in [4.69, 9.17) is 0 Å². The van der Waals surface area contributed by atoms with Gasteiger partial charge in [0.1, 0.15) is 0 Å². The first-order chi connectivity index (χ1) is 8.24. The maximum absolute atomic E-state index is 11.7. The molecule has 1 N–H and O–H groups in total. The lowest BCUT2D eigenvalue weighted by atomic mass is 10.1. The fourth-order valence-corrected chi connectivity index (χ4v) is 2.33. The average Bonchev–Trinajstić information content (AvgIpc) is 2.79. The molecule has 0 radical (unpaired) electrons.